The van der Waals surface area contributed by atoms with Crippen LogP contribution < -0.4 is 5.32 Å². The summed E-state index contributed by atoms with van der Waals surface area (Å²) in [5.41, 5.74) is -0.674. The molecule has 3 atom stereocenters. The largest absolute Gasteiger partial charge is 0.480 e. The minimum atomic E-state index is -0.674. The Balaban J connectivity index is 2.64. The van der Waals surface area contributed by atoms with Crippen molar-refractivity contribution in [2.45, 2.75) is 70.9 Å². The zero-order valence-electron chi connectivity index (χ0n) is 13.6. The molecule has 1 rings (SSSR count). The van der Waals surface area contributed by atoms with Gasteiger partial charge >= 0.3 is 5.97 Å². The molecule has 0 saturated heterocycles. The van der Waals surface area contributed by atoms with Gasteiger partial charge in [0.1, 0.15) is 5.54 Å². The molecule has 0 aromatic rings. The molecule has 0 bridgehead atoms. The van der Waals surface area contributed by atoms with Gasteiger partial charge in [0.25, 0.3) is 0 Å². The molecule has 1 saturated carbocycles. The standard InChI is InChI=1S/C16H32N2O2/c1-5-11-17-16(15(19)20)10-7-8-14(16)9-12-18(4)13(3)6-2/h13-14,17H,5-12H2,1-4H3,(H,19,20). The minimum absolute atomic E-state index is 0.262. The third-order valence-electron chi connectivity index (χ3n) is 5.07. The fourth-order valence-electron chi connectivity index (χ4n) is 3.30. The molecule has 20 heavy (non-hydrogen) atoms. The van der Waals surface area contributed by atoms with Gasteiger partial charge in [0, 0.05) is 6.04 Å². The first-order chi connectivity index (χ1) is 9.47. The van der Waals surface area contributed by atoms with Crippen molar-refractivity contribution in [1.82, 2.24) is 10.2 Å². The quantitative estimate of drug-likeness (QED) is 0.683. The van der Waals surface area contributed by atoms with Crippen LogP contribution in [0.2, 0.25) is 0 Å². The molecular weight excluding hydrogens is 252 g/mol. The molecule has 4 heteroatoms. The fraction of sp³-hybridized carbons (Fsp3) is 0.938. The summed E-state index contributed by atoms with van der Waals surface area (Å²) in [6, 6.07) is 0.569. The summed E-state index contributed by atoms with van der Waals surface area (Å²) in [4.78, 5) is 14.2. The number of hydrogen-bond acceptors (Lipinski definition) is 3. The number of nitrogens with one attached hydrogen (secondary N) is 1. The van der Waals surface area contributed by atoms with E-state index in [1.165, 1.54) is 0 Å². The first-order valence-electron chi connectivity index (χ1n) is 8.16. The molecule has 0 radical (unpaired) electrons. The number of aliphatic carboxylic acids is 1. The van der Waals surface area contributed by atoms with Gasteiger partial charge < -0.3 is 15.3 Å². The predicted molar refractivity (Wildman–Crippen MR) is 83.0 cm³/mol. The second kappa shape index (κ2) is 7.99. The molecule has 0 spiro atoms. The molecule has 0 heterocycles. The lowest BCUT2D eigenvalue weighted by Gasteiger charge is -2.34. The Morgan fingerprint density at radius 3 is 2.75 bits per heavy atom. The van der Waals surface area contributed by atoms with Crippen LogP contribution in [-0.4, -0.2) is 47.7 Å². The SMILES string of the molecule is CCCNC1(C(=O)O)CCCC1CCN(C)C(C)CC. The van der Waals surface area contributed by atoms with Crippen LogP contribution in [0.3, 0.4) is 0 Å². The maximum absolute atomic E-state index is 11.8. The molecule has 118 valence electrons. The van der Waals surface area contributed by atoms with E-state index in [1.54, 1.807) is 0 Å². The van der Waals surface area contributed by atoms with Crippen molar-refractivity contribution >= 4 is 5.97 Å². The molecule has 0 aromatic heterocycles. The third kappa shape index (κ3) is 3.95. The second-order valence-electron chi connectivity index (χ2n) is 6.32. The first kappa shape index (κ1) is 17.4. The van der Waals surface area contributed by atoms with Crippen LogP contribution in [0, 0.1) is 5.92 Å². The van der Waals surface area contributed by atoms with Gasteiger partial charge in [-0.15, -0.1) is 0 Å². The molecule has 1 aliphatic rings. The summed E-state index contributed by atoms with van der Waals surface area (Å²) in [5.74, 6) is -0.391. The van der Waals surface area contributed by atoms with Gasteiger partial charge in [-0.1, -0.05) is 20.3 Å². The van der Waals surface area contributed by atoms with Crippen molar-refractivity contribution < 1.29 is 9.90 Å². The number of rotatable bonds is 9. The van der Waals surface area contributed by atoms with Crippen LogP contribution in [0.1, 0.15) is 59.3 Å². The zero-order chi connectivity index (χ0) is 15.2. The minimum Gasteiger partial charge on any atom is -0.480 e. The van der Waals surface area contributed by atoms with Gasteiger partial charge in [-0.2, -0.15) is 0 Å². The fourth-order valence-corrected chi connectivity index (χ4v) is 3.30. The number of carbonyl (C=O) groups is 1. The average Bonchev–Trinajstić information content (AvgIpc) is 2.85. The normalized spacial score (nSPS) is 27.9. The number of nitrogens with zero attached hydrogens (tertiary/aromatic N) is 1. The maximum atomic E-state index is 11.8. The van der Waals surface area contributed by atoms with E-state index in [0.717, 1.165) is 51.6 Å². The smallest absolute Gasteiger partial charge is 0.324 e. The van der Waals surface area contributed by atoms with E-state index >= 15 is 0 Å². The molecule has 2 N–H and O–H groups in total. The van der Waals surface area contributed by atoms with Crippen LogP contribution in [0.25, 0.3) is 0 Å². The Morgan fingerprint density at radius 2 is 2.20 bits per heavy atom. The summed E-state index contributed by atoms with van der Waals surface area (Å²) in [5, 5.41) is 13.0. The lowest BCUT2D eigenvalue weighted by atomic mass is 9.84. The summed E-state index contributed by atoms with van der Waals surface area (Å²) in [6.45, 7) is 8.30. The van der Waals surface area contributed by atoms with Crippen molar-refractivity contribution in [3.63, 3.8) is 0 Å². The van der Waals surface area contributed by atoms with E-state index < -0.39 is 11.5 Å². The third-order valence-corrected chi connectivity index (χ3v) is 5.07. The van der Waals surface area contributed by atoms with E-state index in [0.29, 0.717) is 6.04 Å². The van der Waals surface area contributed by atoms with Gasteiger partial charge in [0.15, 0.2) is 0 Å². The highest BCUT2D eigenvalue weighted by Gasteiger charge is 2.48. The molecule has 0 aliphatic heterocycles. The Bertz CT molecular complexity index is 309. The summed E-state index contributed by atoms with van der Waals surface area (Å²) in [6.07, 6.45) is 5.94. The number of hydrogen-bond donors (Lipinski definition) is 2. The van der Waals surface area contributed by atoms with Crippen molar-refractivity contribution in [1.29, 1.82) is 0 Å². The van der Waals surface area contributed by atoms with Crippen molar-refractivity contribution in [3.8, 4) is 0 Å². The van der Waals surface area contributed by atoms with Gasteiger partial charge in [-0.3, -0.25) is 4.79 Å². The van der Waals surface area contributed by atoms with Crippen molar-refractivity contribution in [2.75, 3.05) is 20.1 Å². The van der Waals surface area contributed by atoms with Gasteiger partial charge in [-0.25, -0.2) is 0 Å². The highest BCUT2D eigenvalue weighted by molar-refractivity contribution is 5.79. The molecule has 0 amide bonds. The van der Waals surface area contributed by atoms with Crippen molar-refractivity contribution in [3.05, 3.63) is 0 Å². The summed E-state index contributed by atoms with van der Waals surface area (Å²) >= 11 is 0. The highest BCUT2D eigenvalue weighted by atomic mass is 16.4. The Morgan fingerprint density at radius 1 is 1.50 bits per heavy atom. The van der Waals surface area contributed by atoms with Crippen LogP contribution in [0.5, 0.6) is 0 Å². The van der Waals surface area contributed by atoms with Gasteiger partial charge in [0.2, 0.25) is 0 Å². The molecule has 1 aliphatic carbocycles. The Hall–Kier alpha value is -0.610. The zero-order valence-corrected chi connectivity index (χ0v) is 13.6. The monoisotopic (exact) mass is 284 g/mol. The van der Waals surface area contributed by atoms with Crippen molar-refractivity contribution in [2.24, 2.45) is 5.92 Å². The van der Waals surface area contributed by atoms with E-state index in [9.17, 15) is 9.90 Å². The maximum Gasteiger partial charge on any atom is 0.324 e. The van der Waals surface area contributed by atoms with Crippen LogP contribution >= 0.6 is 0 Å². The van der Waals surface area contributed by atoms with E-state index in [1.807, 2.05) is 0 Å². The average molecular weight is 284 g/mol. The lowest BCUT2D eigenvalue weighted by Crippen LogP contribution is -2.55. The lowest BCUT2D eigenvalue weighted by molar-refractivity contribution is -0.146. The first-order valence-corrected chi connectivity index (χ1v) is 8.16. The van der Waals surface area contributed by atoms with Gasteiger partial charge in [0.05, 0.1) is 0 Å². The van der Waals surface area contributed by atoms with Gasteiger partial charge in [-0.05, 0) is 65.1 Å². The number of carboxylic acids is 1. The van der Waals surface area contributed by atoms with E-state index in [2.05, 4.69) is 38.0 Å². The van der Waals surface area contributed by atoms with Crippen LogP contribution in [0.15, 0.2) is 0 Å². The topological polar surface area (TPSA) is 52.6 Å². The Labute approximate surface area is 123 Å². The number of carboxylic acid groups (broad SMARTS) is 1. The Kier molecular flexibility index (Phi) is 6.96. The second-order valence-corrected chi connectivity index (χ2v) is 6.32. The van der Waals surface area contributed by atoms with E-state index in [-0.39, 0.29) is 5.92 Å². The molecular formula is C16H32N2O2. The molecule has 0 aromatic carbocycles. The van der Waals surface area contributed by atoms with E-state index in [4.69, 9.17) is 0 Å². The predicted octanol–water partition coefficient (Wildman–Crippen LogP) is 2.73. The summed E-state index contributed by atoms with van der Waals surface area (Å²) < 4.78 is 0. The molecule has 4 nitrogen and oxygen atoms in total. The van der Waals surface area contributed by atoms with Crippen LogP contribution in [0.4, 0.5) is 0 Å². The highest BCUT2D eigenvalue weighted by Crippen LogP contribution is 2.38. The van der Waals surface area contributed by atoms with Crippen LogP contribution in [-0.2, 0) is 4.79 Å². The molecule has 1 fully saturated rings. The molecule has 3 unspecified atom stereocenters. The summed E-state index contributed by atoms with van der Waals surface area (Å²) in [7, 11) is 2.14.